The van der Waals surface area contributed by atoms with Crippen LogP contribution >= 0.6 is 0 Å². The van der Waals surface area contributed by atoms with Gasteiger partial charge >= 0.3 is 6.09 Å². The van der Waals surface area contributed by atoms with Crippen LogP contribution in [-0.4, -0.2) is 22.7 Å². The van der Waals surface area contributed by atoms with E-state index < -0.39 is 6.09 Å². The first-order chi connectivity index (χ1) is 7.22. The van der Waals surface area contributed by atoms with E-state index in [1.165, 1.54) is 18.6 Å². The molecular weight excluding hydrogens is 194 g/mol. The van der Waals surface area contributed by atoms with E-state index in [9.17, 15) is 4.79 Å². The molecule has 5 nitrogen and oxygen atoms in total. The van der Waals surface area contributed by atoms with Crippen molar-refractivity contribution in [3.05, 3.63) is 18.6 Å². The predicted molar refractivity (Wildman–Crippen MR) is 56.5 cm³/mol. The molecule has 1 amide bonds. The monoisotopic (exact) mass is 209 g/mol. The van der Waals surface area contributed by atoms with E-state index in [4.69, 9.17) is 4.74 Å². The first-order valence-corrected chi connectivity index (χ1v) is 4.92. The van der Waals surface area contributed by atoms with E-state index in [2.05, 4.69) is 22.2 Å². The molecule has 0 bridgehead atoms. The van der Waals surface area contributed by atoms with Gasteiger partial charge in [0.2, 0.25) is 0 Å². The number of aromatic nitrogens is 2. The van der Waals surface area contributed by atoms with Gasteiger partial charge in [-0.05, 0) is 5.92 Å². The molecule has 0 spiro atoms. The van der Waals surface area contributed by atoms with Gasteiger partial charge in [-0.1, -0.05) is 20.3 Å². The van der Waals surface area contributed by atoms with Crippen LogP contribution in [0.2, 0.25) is 0 Å². The number of amides is 1. The lowest BCUT2D eigenvalue weighted by Gasteiger charge is -2.09. The van der Waals surface area contributed by atoms with Crippen LogP contribution in [0, 0.1) is 5.92 Å². The zero-order chi connectivity index (χ0) is 11.1. The average molecular weight is 209 g/mol. The molecule has 1 unspecified atom stereocenters. The number of carbonyl (C=O) groups is 1. The highest BCUT2D eigenvalue weighted by molar-refractivity contribution is 5.82. The predicted octanol–water partition coefficient (Wildman–Crippen LogP) is 2.07. The fraction of sp³-hybridized carbons (Fsp3) is 0.500. The molecule has 82 valence electrons. The highest BCUT2D eigenvalue weighted by Crippen LogP contribution is 2.03. The van der Waals surface area contributed by atoms with Crippen molar-refractivity contribution in [3.8, 4) is 0 Å². The van der Waals surface area contributed by atoms with Gasteiger partial charge in [0.25, 0.3) is 0 Å². The third kappa shape index (κ3) is 4.39. The Morgan fingerprint density at radius 2 is 2.40 bits per heavy atom. The molecule has 15 heavy (non-hydrogen) atoms. The third-order valence-electron chi connectivity index (χ3n) is 1.99. The van der Waals surface area contributed by atoms with Gasteiger partial charge < -0.3 is 4.74 Å². The summed E-state index contributed by atoms with van der Waals surface area (Å²) in [6, 6.07) is 0. The second-order valence-electron chi connectivity index (χ2n) is 3.33. The molecule has 1 aromatic heterocycles. The maximum atomic E-state index is 11.2. The summed E-state index contributed by atoms with van der Waals surface area (Å²) in [5.74, 6) is 0.768. The zero-order valence-electron chi connectivity index (χ0n) is 8.93. The molecule has 1 heterocycles. The zero-order valence-corrected chi connectivity index (χ0v) is 8.93. The topological polar surface area (TPSA) is 64.1 Å². The van der Waals surface area contributed by atoms with Crippen molar-refractivity contribution in [2.75, 3.05) is 11.9 Å². The Hall–Kier alpha value is -1.65. The number of rotatable bonds is 4. The number of hydrogen-bond donors (Lipinski definition) is 1. The van der Waals surface area contributed by atoms with Crippen LogP contribution in [-0.2, 0) is 4.74 Å². The Labute approximate surface area is 88.9 Å². The van der Waals surface area contributed by atoms with Crippen LogP contribution in [0.1, 0.15) is 20.3 Å². The minimum absolute atomic E-state index is 0.373. The number of ether oxygens (including phenoxy) is 1. The number of nitrogens with zero attached hydrogens (tertiary/aromatic N) is 2. The maximum absolute atomic E-state index is 11.2. The van der Waals surface area contributed by atoms with E-state index in [1.54, 1.807) is 0 Å². The summed E-state index contributed by atoms with van der Waals surface area (Å²) in [6.07, 6.45) is 5.00. The van der Waals surface area contributed by atoms with Crippen LogP contribution in [0.15, 0.2) is 18.6 Å². The summed E-state index contributed by atoms with van der Waals surface area (Å²) < 4.78 is 4.98. The first-order valence-electron chi connectivity index (χ1n) is 4.92. The third-order valence-corrected chi connectivity index (χ3v) is 1.99. The van der Waals surface area contributed by atoms with E-state index >= 15 is 0 Å². The summed E-state index contributed by atoms with van der Waals surface area (Å²) in [7, 11) is 0. The standard InChI is InChI=1S/C10H15N3O2/c1-3-8(2)7-15-10(14)13-9-6-11-4-5-12-9/h4-6,8H,3,7H2,1-2H3,(H,12,13,14). The lowest BCUT2D eigenvalue weighted by atomic mass is 10.1. The Kier molecular flexibility index (Phi) is 4.53. The molecule has 0 fully saturated rings. The number of nitrogens with one attached hydrogen (secondary N) is 1. The molecular formula is C10H15N3O2. The van der Waals surface area contributed by atoms with Crippen molar-refractivity contribution in [1.82, 2.24) is 9.97 Å². The maximum Gasteiger partial charge on any atom is 0.412 e. The Bertz CT molecular complexity index is 303. The number of carbonyl (C=O) groups excluding carboxylic acids is 1. The van der Waals surface area contributed by atoms with Gasteiger partial charge in [0, 0.05) is 12.4 Å². The van der Waals surface area contributed by atoms with E-state index in [0.717, 1.165) is 6.42 Å². The van der Waals surface area contributed by atoms with Crippen molar-refractivity contribution in [2.45, 2.75) is 20.3 Å². The van der Waals surface area contributed by atoms with Crippen molar-refractivity contribution < 1.29 is 9.53 Å². The van der Waals surface area contributed by atoms with Gasteiger partial charge in [0.1, 0.15) is 0 Å². The molecule has 0 aliphatic carbocycles. The van der Waals surface area contributed by atoms with E-state index in [0.29, 0.717) is 18.3 Å². The fourth-order valence-electron chi connectivity index (χ4n) is 0.840. The number of anilines is 1. The molecule has 1 rings (SSSR count). The Morgan fingerprint density at radius 3 is 3.00 bits per heavy atom. The van der Waals surface area contributed by atoms with Crippen LogP contribution < -0.4 is 5.32 Å². The van der Waals surface area contributed by atoms with Gasteiger partial charge in [-0.25, -0.2) is 9.78 Å². The van der Waals surface area contributed by atoms with Crippen molar-refractivity contribution in [3.63, 3.8) is 0 Å². The second kappa shape index (κ2) is 5.95. The van der Waals surface area contributed by atoms with Crippen LogP contribution in [0.25, 0.3) is 0 Å². The smallest absolute Gasteiger partial charge is 0.412 e. The first kappa shape index (κ1) is 11.4. The van der Waals surface area contributed by atoms with E-state index in [-0.39, 0.29) is 0 Å². The molecule has 0 aromatic carbocycles. The molecule has 0 saturated carbocycles. The van der Waals surface area contributed by atoms with Crippen molar-refractivity contribution >= 4 is 11.9 Å². The lowest BCUT2D eigenvalue weighted by Crippen LogP contribution is -2.18. The highest BCUT2D eigenvalue weighted by atomic mass is 16.5. The minimum atomic E-state index is -0.490. The van der Waals surface area contributed by atoms with Gasteiger partial charge in [0.15, 0.2) is 5.82 Å². The molecule has 1 atom stereocenters. The fourth-order valence-corrected chi connectivity index (χ4v) is 0.840. The van der Waals surface area contributed by atoms with Gasteiger partial charge in [-0.15, -0.1) is 0 Å². The van der Waals surface area contributed by atoms with Crippen LogP contribution in [0.5, 0.6) is 0 Å². The Morgan fingerprint density at radius 1 is 1.60 bits per heavy atom. The SMILES string of the molecule is CCC(C)COC(=O)Nc1cnccn1. The van der Waals surface area contributed by atoms with Gasteiger partial charge in [-0.3, -0.25) is 10.3 Å². The van der Waals surface area contributed by atoms with Crippen molar-refractivity contribution in [2.24, 2.45) is 5.92 Å². The van der Waals surface area contributed by atoms with Crippen LogP contribution in [0.4, 0.5) is 10.6 Å². The second-order valence-corrected chi connectivity index (χ2v) is 3.33. The van der Waals surface area contributed by atoms with Gasteiger partial charge in [0.05, 0.1) is 12.8 Å². The van der Waals surface area contributed by atoms with E-state index in [1.807, 2.05) is 6.92 Å². The highest BCUT2D eigenvalue weighted by Gasteiger charge is 2.06. The minimum Gasteiger partial charge on any atom is -0.449 e. The molecule has 5 heteroatoms. The summed E-state index contributed by atoms with van der Waals surface area (Å²) in [5, 5.41) is 2.49. The average Bonchev–Trinajstić information content (AvgIpc) is 2.27. The van der Waals surface area contributed by atoms with Crippen LogP contribution in [0.3, 0.4) is 0 Å². The normalized spacial score (nSPS) is 11.9. The summed E-state index contributed by atoms with van der Waals surface area (Å²) in [4.78, 5) is 18.9. The largest absolute Gasteiger partial charge is 0.449 e. The summed E-state index contributed by atoms with van der Waals surface area (Å²) >= 11 is 0. The molecule has 0 aliphatic rings. The lowest BCUT2D eigenvalue weighted by molar-refractivity contribution is 0.143. The molecule has 0 aliphatic heterocycles. The number of hydrogen-bond acceptors (Lipinski definition) is 4. The molecule has 1 N–H and O–H groups in total. The van der Waals surface area contributed by atoms with Crippen molar-refractivity contribution in [1.29, 1.82) is 0 Å². The molecule has 1 aromatic rings. The quantitative estimate of drug-likeness (QED) is 0.824. The summed E-state index contributed by atoms with van der Waals surface area (Å²) in [6.45, 7) is 4.49. The Balaban J connectivity index is 2.31. The summed E-state index contributed by atoms with van der Waals surface area (Å²) in [5.41, 5.74) is 0. The molecule has 0 saturated heterocycles. The van der Waals surface area contributed by atoms with Gasteiger partial charge in [-0.2, -0.15) is 0 Å². The molecule has 0 radical (unpaired) electrons.